The van der Waals surface area contributed by atoms with Crippen molar-refractivity contribution in [2.24, 2.45) is 7.05 Å². The standard InChI is InChI=1S/C20H21N3O2S/c1-22-13-11-21-20(22)26-14-16-9-10-18(25-16)19(24)23-12-5-8-17(23)15-6-3-2-4-7-15/h2-4,6-7,9-11,13,17H,5,8,12,14H2,1H3. The average molecular weight is 367 g/mol. The number of aromatic nitrogens is 2. The molecule has 0 bridgehead atoms. The van der Waals surface area contributed by atoms with Crippen LogP contribution in [-0.4, -0.2) is 26.9 Å². The van der Waals surface area contributed by atoms with Crippen LogP contribution in [0.2, 0.25) is 0 Å². The maximum atomic E-state index is 12.9. The molecule has 0 N–H and O–H groups in total. The Bertz CT molecular complexity index is 887. The summed E-state index contributed by atoms with van der Waals surface area (Å²) in [6.07, 6.45) is 5.71. The van der Waals surface area contributed by atoms with Gasteiger partial charge in [0.1, 0.15) is 5.76 Å². The summed E-state index contributed by atoms with van der Waals surface area (Å²) in [5, 5.41) is 0.929. The lowest BCUT2D eigenvalue weighted by atomic mass is 10.0. The van der Waals surface area contributed by atoms with Gasteiger partial charge in [-0.25, -0.2) is 4.98 Å². The van der Waals surface area contributed by atoms with Gasteiger partial charge in [-0.2, -0.15) is 0 Å². The summed E-state index contributed by atoms with van der Waals surface area (Å²) in [5.41, 5.74) is 1.19. The van der Waals surface area contributed by atoms with Crippen molar-refractivity contribution in [2.75, 3.05) is 6.54 Å². The number of rotatable bonds is 5. The molecule has 1 saturated heterocycles. The zero-order chi connectivity index (χ0) is 17.9. The predicted molar refractivity (Wildman–Crippen MR) is 101 cm³/mol. The van der Waals surface area contributed by atoms with Crippen molar-refractivity contribution in [1.82, 2.24) is 14.5 Å². The predicted octanol–water partition coefficient (Wildman–Crippen LogP) is 4.28. The molecular formula is C20H21N3O2S. The quantitative estimate of drug-likeness (QED) is 0.632. The van der Waals surface area contributed by atoms with Crippen molar-refractivity contribution in [3.8, 4) is 0 Å². The van der Waals surface area contributed by atoms with Gasteiger partial charge < -0.3 is 13.9 Å². The summed E-state index contributed by atoms with van der Waals surface area (Å²) in [5.74, 6) is 1.84. The van der Waals surface area contributed by atoms with Crippen LogP contribution >= 0.6 is 11.8 Å². The number of amides is 1. The fourth-order valence-electron chi connectivity index (χ4n) is 3.37. The normalized spacial score (nSPS) is 17.0. The summed E-state index contributed by atoms with van der Waals surface area (Å²) in [6.45, 7) is 0.774. The first kappa shape index (κ1) is 17.0. The first-order valence-corrected chi connectivity index (χ1v) is 9.75. The summed E-state index contributed by atoms with van der Waals surface area (Å²) in [4.78, 5) is 19.2. The van der Waals surface area contributed by atoms with Crippen LogP contribution in [0.25, 0.3) is 0 Å². The summed E-state index contributed by atoms with van der Waals surface area (Å²) < 4.78 is 7.80. The SMILES string of the molecule is Cn1ccnc1SCc1ccc(C(=O)N2CCCC2c2ccccc2)o1. The summed E-state index contributed by atoms with van der Waals surface area (Å²) >= 11 is 1.59. The van der Waals surface area contributed by atoms with Crippen LogP contribution in [0.5, 0.6) is 0 Å². The van der Waals surface area contributed by atoms with Gasteiger partial charge in [-0.1, -0.05) is 42.1 Å². The smallest absolute Gasteiger partial charge is 0.290 e. The van der Waals surface area contributed by atoms with E-state index in [1.54, 1.807) is 24.0 Å². The number of benzene rings is 1. The molecule has 1 fully saturated rings. The van der Waals surface area contributed by atoms with Gasteiger partial charge in [-0.15, -0.1) is 0 Å². The maximum Gasteiger partial charge on any atom is 0.290 e. The van der Waals surface area contributed by atoms with Crippen molar-refractivity contribution >= 4 is 17.7 Å². The second-order valence-electron chi connectivity index (χ2n) is 6.44. The van der Waals surface area contributed by atoms with Crippen LogP contribution in [-0.2, 0) is 12.8 Å². The first-order chi connectivity index (χ1) is 12.7. The van der Waals surface area contributed by atoms with Gasteiger partial charge in [0.2, 0.25) is 0 Å². The summed E-state index contributed by atoms with van der Waals surface area (Å²) in [6, 6.07) is 14.0. The third-order valence-corrected chi connectivity index (χ3v) is 5.77. The highest BCUT2D eigenvalue weighted by molar-refractivity contribution is 7.98. The van der Waals surface area contributed by atoms with Gasteiger partial charge in [0.05, 0.1) is 11.8 Å². The van der Waals surface area contributed by atoms with Gasteiger partial charge in [0.25, 0.3) is 5.91 Å². The highest BCUT2D eigenvalue weighted by Gasteiger charge is 2.31. The second-order valence-corrected chi connectivity index (χ2v) is 7.39. The van der Waals surface area contributed by atoms with E-state index in [1.165, 1.54) is 5.56 Å². The van der Waals surface area contributed by atoms with Crippen LogP contribution in [0.1, 0.15) is 40.8 Å². The van der Waals surface area contributed by atoms with E-state index in [0.717, 1.165) is 30.3 Å². The van der Waals surface area contributed by atoms with Crippen LogP contribution in [0.15, 0.2) is 64.4 Å². The molecule has 0 aliphatic carbocycles. The number of aryl methyl sites for hydroxylation is 1. The Morgan fingerprint density at radius 2 is 2.12 bits per heavy atom. The molecule has 1 unspecified atom stereocenters. The maximum absolute atomic E-state index is 12.9. The van der Waals surface area contributed by atoms with Gasteiger partial charge in [0.15, 0.2) is 10.9 Å². The molecule has 1 aromatic carbocycles. The number of hydrogen-bond donors (Lipinski definition) is 0. The lowest BCUT2D eigenvalue weighted by Gasteiger charge is -2.24. The molecular weight excluding hydrogens is 346 g/mol. The average Bonchev–Trinajstić information content (AvgIpc) is 3.41. The lowest BCUT2D eigenvalue weighted by molar-refractivity contribution is 0.0702. The van der Waals surface area contributed by atoms with Gasteiger partial charge in [-0.05, 0) is 30.5 Å². The van der Waals surface area contributed by atoms with Crippen LogP contribution in [0, 0.1) is 0 Å². The molecule has 26 heavy (non-hydrogen) atoms. The number of furan rings is 1. The number of carbonyl (C=O) groups is 1. The molecule has 1 amide bonds. The van der Waals surface area contributed by atoms with Gasteiger partial charge in [0, 0.05) is 26.0 Å². The van der Waals surface area contributed by atoms with E-state index in [1.807, 2.05) is 47.0 Å². The highest BCUT2D eigenvalue weighted by atomic mass is 32.2. The summed E-state index contributed by atoms with van der Waals surface area (Å²) in [7, 11) is 1.96. The molecule has 2 aromatic heterocycles. The van der Waals surface area contributed by atoms with E-state index in [2.05, 4.69) is 17.1 Å². The molecule has 6 heteroatoms. The largest absolute Gasteiger partial charge is 0.455 e. The van der Waals surface area contributed by atoms with Gasteiger partial charge >= 0.3 is 0 Å². The van der Waals surface area contributed by atoms with Crippen molar-refractivity contribution in [2.45, 2.75) is 29.8 Å². The Morgan fingerprint density at radius 1 is 1.27 bits per heavy atom. The zero-order valence-corrected chi connectivity index (χ0v) is 15.5. The number of imidazole rings is 1. The molecule has 4 rings (SSSR count). The number of carbonyl (C=O) groups excluding carboxylic acids is 1. The topological polar surface area (TPSA) is 51.3 Å². The molecule has 0 spiro atoms. The Labute approximate surface area is 157 Å². The fourth-order valence-corrected chi connectivity index (χ4v) is 4.20. The van der Waals surface area contributed by atoms with Crippen molar-refractivity contribution in [3.05, 3.63) is 71.9 Å². The van der Waals surface area contributed by atoms with E-state index in [4.69, 9.17) is 4.42 Å². The van der Waals surface area contributed by atoms with E-state index >= 15 is 0 Å². The Morgan fingerprint density at radius 3 is 2.88 bits per heavy atom. The first-order valence-electron chi connectivity index (χ1n) is 8.77. The molecule has 1 aliphatic heterocycles. The number of hydrogen-bond acceptors (Lipinski definition) is 4. The van der Waals surface area contributed by atoms with Crippen molar-refractivity contribution < 1.29 is 9.21 Å². The monoisotopic (exact) mass is 367 g/mol. The van der Waals surface area contributed by atoms with Gasteiger partial charge in [-0.3, -0.25) is 4.79 Å². The minimum Gasteiger partial charge on any atom is -0.455 e. The fraction of sp³-hybridized carbons (Fsp3) is 0.300. The van der Waals surface area contributed by atoms with Crippen molar-refractivity contribution in [3.63, 3.8) is 0 Å². The molecule has 1 aliphatic rings. The number of thioether (sulfide) groups is 1. The molecule has 5 nitrogen and oxygen atoms in total. The molecule has 134 valence electrons. The number of nitrogens with zero attached hydrogens (tertiary/aromatic N) is 3. The minimum atomic E-state index is -0.0235. The minimum absolute atomic E-state index is 0.0235. The molecule has 1 atom stereocenters. The Hall–Kier alpha value is -2.47. The third kappa shape index (κ3) is 3.42. The lowest BCUT2D eigenvalue weighted by Crippen LogP contribution is -2.30. The highest BCUT2D eigenvalue weighted by Crippen LogP contribution is 2.33. The molecule has 3 aromatic rings. The Kier molecular flexibility index (Phi) is 4.84. The van der Waals surface area contributed by atoms with Crippen LogP contribution < -0.4 is 0 Å². The number of likely N-dealkylation sites (tertiary alicyclic amines) is 1. The van der Waals surface area contributed by atoms with E-state index < -0.39 is 0 Å². The molecule has 3 heterocycles. The van der Waals surface area contributed by atoms with E-state index in [9.17, 15) is 4.79 Å². The third-order valence-electron chi connectivity index (χ3n) is 4.69. The zero-order valence-electron chi connectivity index (χ0n) is 14.7. The molecule has 0 saturated carbocycles. The Balaban J connectivity index is 1.45. The van der Waals surface area contributed by atoms with Crippen molar-refractivity contribution in [1.29, 1.82) is 0 Å². The molecule has 0 radical (unpaired) electrons. The van der Waals surface area contributed by atoms with Crippen LogP contribution in [0.4, 0.5) is 0 Å². The van der Waals surface area contributed by atoms with E-state index in [0.29, 0.717) is 11.5 Å². The van der Waals surface area contributed by atoms with Crippen LogP contribution in [0.3, 0.4) is 0 Å². The second kappa shape index (κ2) is 7.41. The van der Waals surface area contributed by atoms with E-state index in [-0.39, 0.29) is 11.9 Å².